The second kappa shape index (κ2) is 8.41. The fourth-order valence-electron chi connectivity index (χ4n) is 3.22. The van der Waals surface area contributed by atoms with Crippen molar-refractivity contribution in [2.45, 2.75) is 23.8 Å². The SMILES string of the molecule is Cl.O=C1CNCCN1C1CCCN(S(=O)(=O)c2cccc(Cl)c2Cl)C1. The standard InChI is InChI=1S/C15H19Cl2N3O3S.ClH/c16-12-4-1-5-13(15(12)17)24(22,23)19-7-2-3-11(10-19)20-8-6-18-9-14(20)21;/h1,4-5,11,18H,2-3,6-10H2;1H. The summed E-state index contributed by atoms with van der Waals surface area (Å²) in [4.78, 5) is 13.9. The van der Waals surface area contributed by atoms with Gasteiger partial charge in [0.2, 0.25) is 15.9 Å². The molecule has 0 saturated carbocycles. The Kier molecular flexibility index (Phi) is 6.98. The molecular formula is C15H20Cl3N3O3S. The fourth-order valence-corrected chi connectivity index (χ4v) is 5.48. The first kappa shape index (κ1) is 20.7. The number of nitrogens with one attached hydrogen (secondary N) is 1. The van der Waals surface area contributed by atoms with Crippen LogP contribution in [0.3, 0.4) is 0 Å². The molecule has 1 aromatic carbocycles. The van der Waals surface area contributed by atoms with Crippen LogP contribution in [-0.2, 0) is 14.8 Å². The summed E-state index contributed by atoms with van der Waals surface area (Å²) < 4.78 is 27.3. The molecule has 0 spiro atoms. The zero-order valence-electron chi connectivity index (χ0n) is 13.5. The molecule has 2 aliphatic rings. The molecule has 1 N–H and O–H groups in total. The van der Waals surface area contributed by atoms with Crippen molar-refractivity contribution in [1.29, 1.82) is 0 Å². The predicted molar refractivity (Wildman–Crippen MR) is 100 cm³/mol. The molecule has 1 amide bonds. The molecule has 3 rings (SSSR count). The van der Waals surface area contributed by atoms with Gasteiger partial charge >= 0.3 is 0 Å². The first-order valence-corrected chi connectivity index (χ1v) is 10.0. The number of piperidine rings is 1. The fraction of sp³-hybridized carbons (Fsp3) is 0.533. The monoisotopic (exact) mass is 427 g/mol. The van der Waals surface area contributed by atoms with Crippen LogP contribution in [0.25, 0.3) is 0 Å². The molecule has 1 aromatic rings. The topological polar surface area (TPSA) is 69.7 Å². The van der Waals surface area contributed by atoms with Crippen LogP contribution >= 0.6 is 35.6 Å². The normalized spacial score (nSPS) is 22.6. The molecular weight excluding hydrogens is 409 g/mol. The average molecular weight is 429 g/mol. The van der Waals surface area contributed by atoms with E-state index in [4.69, 9.17) is 23.2 Å². The Bertz CT molecular complexity index is 745. The molecule has 0 bridgehead atoms. The number of halogens is 3. The van der Waals surface area contributed by atoms with E-state index in [0.29, 0.717) is 26.1 Å². The number of rotatable bonds is 3. The van der Waals surface area contributed by atoms with E-state index in [0.717, 1.165) is 13.0 Å². The van der Waals surface area contributed by atoms with Crippen molar-refractivity contribution >= 4 is 51.5 Å². The van der Waals surface area contributed by atoms with Gasteiger partial charge in [0.15, 0.2) is 0 Å². The van der Waals surface area contributed by atoms with Crippen molar-refractivity contribution in [3.63, 3.8) is 0 Å². The van der Waals surface area contributed by atoms with E-state index in [1.807, 2.05) is 0 Å². The van der Waals surface area contributed by atoms with Crippen LogP contribution in [0.5, 0.6) is 0 Å². The molecule has 2 fully saturated rings. The number of hydrogen-bond donors (Lipinski definition) is 1. The smallest absolute Gasteiger partial charge is 0.244 e. The summed E-state index contributed by atoms with van der Waals surface area (Å²) in [5.41, 5.74) is 0. The van der Waals surface area contributed by atoms with Gasteiger partial charge in [-0.05, 0) is 25.0 Å². The number of amides is 1. The molecule has 1 atom stereocenters. The lowest BCUT2D eigenvalue weighted by molar-refractivity contribution is -0.135. The van der Waals surface area contributed by atoms with E-state index < -0.39 is 10.0 Å². The van der Waals surface area contributed by atoms with E-state index >= 15 is 0 Å². The molecule has 2 aliphatic heterocycles. The van der Waals surface area contributed by atoms with E-state index in [-0.39, 0.29) is 45.8 Å². The van der Waals surface area contributed by atoms with Crippen LogP contribution in [0.15, 0.2) is 23.1 Å². The highest BCUT2D eigenvalue weighted by molar-refractivity contribution is 7.89. The average Bonchev–Trinajstić information content (AvgIpc) is 2.58. The highest BCUT2D eigenvalue weighted by Crippen LogP contribution is 2.32. The first-order valence-electron chi connectivity index (χ1n) is 7.85. The second-order valence-electron chi connectivity index (χ2n) is 5.97. The number of carbonyl (C=O) groups excluding carboxylic acids is 1. The van der Waals surface area contributed by atoms with Gasteiger partial charge in [-0.3, -0.25) is 4.79 Å². The summed E-state index contributed by atoms with van der Waals surface area (Å²) in [6.45, 7) is 2.35. The molecule has 6 nitrogen and oxygen atoms in total. The van der Waals surface area contributed by atoms with Crippen LogP contribution in [0.2, 0.25) is 10.0 Å². The van der Waals surface area contributed by atoms with Gasteiger partial charge in [-0.2, -0.15) is 4.31 Å². The molecule has 0 aromatic heterocycles. The van der Waals surface area contributed by atoms with E-state index in [1.54, 1.807) is 17.0 Å². The van der Waals surface area contributed by atoms with Gasteiger partial charge in [0.1, 0.15) is 4.90 Å². The maximum absolute atomic E-state index is 12.9. The van der Waals surface area contributed by atoms with Gasteiger partial charge in [-0.25, -0.2) is 8.42 Å². The van der Waals surface area contributed by atoms with Crippen molar-refractivity contribution < 1.29 is 13.2 Å². The van der Waals surface area contributed by atoms with Crippen LogP contribution in [0.1, 0.15) is 12.8 Å². The molecule has 25 heavy (non-hydrogen) atoms. The Labute approximate surface area is 163 Å². The molecule has 2 heterocycles. The third-order valence-corrected chi connectivity index (χ3v) is 7.30. The Hall–Kier alpha value is -0.570. The summed E-state index contributed by atoms with van der Waals surface area (Å²) >= 11 is 12.0. The predicted octanol–water partition coefficient (Wildman–Crippen LogP) is 2.00. The van der Waals surface area contributed by atoms with Crippen molar-refractivity contribution in [3.05, 3.63) is 28.2 Å². The largest absolute Gasteiger partial charge is 0.336 e. The number of hydrogen-bond acceptors (Lipinski definition) is 4. The molecule has 0 radical (unpaired) electrons. The summed E-state index contributed by atoms with van der Waals surface area (Å²) in [5, 5.41) is 3.28. The number of benzene rings is 1. The minimum atomic E-state index is -3.74. The molecule has 0 aliphatic carbocycles. The molecule has 2 saturated heterocycles. The van der Waals surface area contributed by atoms with E-state index in [9.17, 15) is 13.2 Å². The summed E-state index contributed by atoms with van der Waals surface area (Å²) in [6.07, 6.45) is 1.51. The zero-order valence-corrected chi connectivity index (χ0v) is 16.6. The van der Waals surface area contributed by atoms with E-state index in [2.05, 4.69) is 5.32 Å². The van der Waals surface area contributed by atoms with Crippen LogP contribution in [-0.4, -0.2) is 62.3 Å². The highest BCUT2D eigenvalue weighted by atomic mass is 35.5. The molecule has 1 unspecified atom stereocenters. The number of nitrogens with zero attached hydrogens (tertiary/aromatic N) is 2. The van der Waals surface area contributed by atoms with E-state index in [1.165, 1.54) is 10.4 Å². The lowest BCUT2D eigenvalue weighted by Crippen LogP contribution is -2.57. The number of sulfonamides is 1. The Morgan fingerprint density at radius 1 is 1.20 bits per heavy atom. The highest BCUT2D eigenvalue weighted by Gasteiger charge is 2.36. The first-order chi connectivity index (χ1) is 11.4. The Morgan fingerprint density at radius 3 is 2.68 bits per heavy atom. The van der Waals surface area contributed by atoms with Crippen molar-refractivity contribution in [2.24, 2.45) is 0 Å². The van der Waals surface area contributed by atoms with Crippen LogP contribution in [0.4, 0.5) is 0 Å². The minimum Gasteiger partial charge on any atom is -0.336 e. The summed E-state index contributed by atoms with van der Waals surface area (Å²) in [7, 11) is -3.74. The quantitative estimate of drug-likeness (QED) is 0.799. The van der Waals surface area contributed by atoms with Crippen LogP contribution < -0.4 is 5.32 Å². The van der Waals surface area contributed by atoms with Crippen molar-refractivity contribution in [2.75, 3.05) is 32.7 Å². The summed E-state index contributed by atoms with van der Waals surface area (Å²) in [6, 6.07) is 4.49. The minimum absolute atomic E-state index is 0. The van der Waals surface area contributed by atoms with Gasteiger partial charge in [-0.15, -0.1) is 12.4 Å². The van der Waals surface area contributed by atoms with Gasteiger partial charge in [0.05, 0.1) is 16.6 Å². The lowest BCUT2D eigenvalue weighted by Gasteiger charge is -2.40. The number of piperazine rings is 1. The lowest BCUT2D eigenvalue weighted by atomic mass is 10.1. The Morgan fingerprint density at radius 2 is 1.96 bits per heavy atom. The van der Waals surface area contributed by atoms with Gasteiger partial charge < -0.3 is 10.2 Å². The summed E-state index contributed by atoms with van der Waals surface area (Å²) in [5.74, 6) is 0.0197. The maximum atomic E-state index is 12.9. The third-order valence-electron chi connectivity index (χ3n) is 4.46. The Balaban J connectivity index is 0.00000225. The molecule has 10 heteroatoms. The zero-order chi connectivity index (χ0) is 17.3. The second-order valence-corrected chi connectivity index (χ2v) is 8.67. The third kappa shape index (κ3) is 4.23. The molecule has 140 valence electrons. The van der Waals surface area contributed by atoms with Gasteiger partial charge in [0.25, 0.3) is 0 Å². The van der Waals surface area contributed by atoms with Crippen LogP contribution in [0, 0.1) is 0 Å². The van der Waals surface area contributed by atoms with Gasteiger partial charge in [0, 0.05) is 32.2 Å². The number of carbonyl (C=O) groups is 1. The van der Waals surface area contributed by atoms with Crippen molar-refractivity contribution in [3.8, 4) is 0 Å². The van der Waals surface area contributed by atoms with Gasteiger partial charge in [-0.1, -0.05) is 29.3 Å². The maximum Gasteiger partial charge on any atom is 0.244 e. The van der Waals surface area contributed by atoms with Crippen molar-refractivity contribution in [1.82, 2.24) is 14.5 Å².